The van der Waals surface area contributed by atoms with Crippen LogP contribution < -0.4 is 5.32 Å². The summed E-state index contributed by atoms with van der Waals surface area (Å²) in [4.78, 5) is 6.60. The second-order valence-corrected chi connectivity index (χ2v) is 7.42. The van der Waals surface area contributed by atoms with Gasteiger partial charge in [0.2, 0.25) is 0 Å². The van der Waals surface area contributed by atoms with Crippen LogP contribution in [0.4, 0.5) is 5.82 Å². The van der Waals surface area contributed by atoms with Crippen molar-refractivity contribution < 1.29 is 8.42 Å². The van der Waals surface area contributed by atoms with Crippen LogP contribution in [-0.4, -0.2) is 26.2 Å². The molecule has 1 heterocycles. The summed E-state index contributed by atoms with van der Waals surface area (Å²) in [7, 11) is -3.14. The second kappa shape index (κ2) is 6.28. The molecular weight excluding hydrogens is 292 g/mol. The van der Waals surface area contributed by atoms with E-state index in [4.69, 9.17) is 0 Å². The van der Waals surface area contributed by atoms with Gasteiger partial charge in [-0.1, -0.05) is 11.8 Å². The normalized spacial score (nSPS) is 11.3. The van der Waals surface area contributed by atoms with Crippen molar-refractivity contribution in [3.8, 4) is 0 Å². The summed E-state index contributed by atoms with van der Waals surface area (Å²) in [5.74, 6) is 0.838. The number of rotatable bonds is 5. The molecule has 0 unspecified atom stereocenters. The van der Waals surface area contributed by atoms with E-state index in [0.29, 0.717) is 4.90 Å². The van der Waals surface area contributed by atoms with Crippen molar-refractivity contribution in [3.05, 3.63) is 42.6 Å². The number of nitrogens with zero attached hydrogens (tertiary/aromatic N) is 1. The molecule has 0 amide bonds. The number of hydrogen-bond acceptors (Lipinski definition) is 5. The summed E-state index contributed by atoms with van der Waals surface area (Å²) < 4.78 is 22.8. The average molecular weight is 308 g/mol. The first-order valence-corrected chi connectivity index (χ1v) is 8.88. The van der Waals surface area contributed by atoms with Crippen molar-refractivity contribution in [2.45, 2.75) is 21.6 Å². The lowest BCUT2D eigenvalue weighted by atomic mass is 10.4. The number of sulfone groups is 1. The molecular formula is C14H16N2O2S2. The second-order valence-electron chi connectivity index (χ2n) is 4.25. The van der Waals surface area contributed by atoms with Crippen molar-refractivity contribution in [1.29, 1.82) is 0 Å². The summed E-state index contributed by atoms with van der Waals surface area (Å²) >= 11 is 1.57. The molecule has 0 spiro atoms. The molecule has 20 heavy (non-hydrogen) atoms. The van der Waals surface area contributed by atoms with Gasteiger partial charge in [-0.25, -0.2) is 13.4 Å². The third kappa shape index (κ3) is 3.98. The van der Waals surface area contributed by atoms with Gasteiger partial charge in [0.1, 0.15) is 5.82 Å². The fraction of sp³-hybridized carbons (Fsp3) is 0.214. The van der Waals surface area contributed by atoms with Gasteiger partial charge in [0.25, 0.3) is 0 Å². The smallest absolute Gasteiger partial charge is 0.175 e. The maximum atomic E-state index is 11.4. The van der Waals surface area contributed by atoms with Crippen molar-refractivity contribution in [1.82, 2.24) is 4.98 Å². The van der Waals surface area contributed by atoms with Crippen LogP contribution >= 0.6 is 11.8 Å². The molecule has 0 saturated carbocycles. The molecule has 1 aromatic carbocycles. The molecule has 0 saturated heterocycles. The van der Waals surface area contributed by atoms with E-state index in [2.05, 4.69) is 10.3 Å². The maximum absolute atomic E-state index is 11.4. The monoisotopic (exact) mass is 308 g/mol. The minimum absolute atomic E-state index is 0.338. The Hall–Kier alpha value is -1.53. The molecule has 0 aliphatic carbocycles. The molecule has 0 bridgehead atoms. The Labute approximate surface area is 123 Å². The number of hydrogen-bond donors (Lipinski definition) is 1. The predicted octanol–water partition coefficient (Wildman–Crippen LogP) is 3.07. The number of anilines is 1. The highest BCUT2D eigenvalue weighted by atomic mass is 32.2. The highest BCUT2D eigenvalue weighted by Gasteiger charge is 2.06. The first-order chi connectivity index (χ1) is 9.49. The van der Waals surface area contributed by atoms with Gasteiger partial charge in [-0.3, -0.25) is 0 Å². The lowest BCUT2D eigenvalue weighted by molar-refractivity contribution is 0.602. The van der Waals surface area contributed by atoms with Gasteiger partial charge in [-0.15, -0.1) is 0 Å². The van der Waals surface area contributed by atoms with Gasteiger partial charge in [0.05, 0.1) is 4.90 Å². The van der Waals surface area contributed by atoms with E-state index < -0.39 is 9.84 Å². The average Bonchev–Trinajstić information content (AvgIpc) is 2.39. The van der Waals surface area contributed by atoms with Gasteiger partial charge < -0.3 is 5.32 Å². The molecule has 0 atom stereocenters. The Morgan fingerprint density at radius 3 is 2.45 bits per heavy atom. The van der Waals surface area contributed by atoms with Gasteiger partial charge in [0, 0.05) is 28.8 Å². The first-order valence-electron chi connectivity index (χ1n) is 6.17. The topological polar surface area (TPSA) is 59.1 Å². The van der Waals surface area contributed by atoms with Crippen LogP contribution in [0.2, 0.25) is 0 Å². The molecule has 2 aromatic rings. The zero-order chi connectivity index (χ0) is 14.6. The Morgan fingerprint density at radius 1 is 1.15 bits per heavy atom. The van der Waals surface area contributed by atoms with Gasteiger partial charge in [-0.05, 0) is 43.3 Å². The molecule has 0 aliphatic rings. The van der Waals surface area contributed by atoms with E-state index in [1.54, 1.807) is 30.1 Å². The number of nitrogens with one attached hydrogen (secondary N) is 1. The summed E-state index contributed by atoms with van der Waals surface area (Å²) in [6.45, 7) is 2.84. The summed E-state index contributed by atoms with van der Waals surface area (Å²) in [6, 6.07) is 10.8. The fourth-order valence-electron chi connectivity index (χ4n) is 1.64. The van der Waals surface area contributed by atoms with E-state index >= 15 is 0 Å². The molecule has 4 nitrogen and oxygen atoms in total. The summed E-state index contributed by atoms with van der Waals surface area (Å²) in [5, 5.41) is 3.16. The number of aromatic nitrogens is 1. The Morgan fingerprint density at radius 2 is 1.85 bits per heavy atom. The third-order valence-corrected chi connectivity index (χ3v) is 4.70. The van der Waals surface area contributed by atoms with Crippen LogP contribution in [0.5, 0.6) is 0 Å². The van der Waals surface area contributed by atoms with E-state index in [9.17, 15) is 8.42 Å². The van der Waals surface area contributed by atoms with Crippen LogP contribution in [0, 0.1) is 0 Å². The van der Waals surface area contributed by atoms with Crippen LogP contribution in [0.25, 0.3) is 0 Å². The molecule has 0 radical (unpaired) electrons. The standard InChI is InChI=1S/C14H16N2O2S2/c1-3-15-14-10-12(8-9-16-14)19-11-4-6-13(7-5-11)20(2,17)18/h4-10H,3H2,1-2H3,(H,15,16). The predicted molar refractivity (Wildman–Crippen MR) is 82.1 cm³/mol. The maximum Gasteiger partial charge on any atom is 0.175 e. The first kappa shape index (κ1) is 14.9. The van der Waals surface area contributed by atoms with Crippen molar-refractivity contribution in [3.63, 3.8) is 0 Å². The molecule has 0 fully saturated rings. The van der Waals surface area contributed by atoms with Crippen LogP contribution in [0.1, 0.15) is 6.92 Å². The lowest BCUT2D eigenvalue weighted by Gasteiger charge is -2.06. The minimum atomic E-state index is -3.14. The van der Waals surface area contributed by atoms with Crippen LogP contribution in [-0.2, 0) is 9.84 Å². The summed E-state index contributed by atoms with van der Waals surface area (Å²) in [6.07, 6.45) is 2.96. The Balaban J connectivity index is 2.16. The van der Waals surface area contributed by atoms with Crippen molar-refractivity contribution in [2.75, 3.05) is 18.1 Å². The van der Waals surface area contributed by atoms with E-state index in [1.807, 2.05) is 31.2 Å². The molecule has 2 rings (SSSR count). The van der Waals surface area contributed by atoms with E-state index in [0.717, 1.165) is 22.2 Å². The molecule has 0 aliphatic heterocycles. The third-order valence-electron chi connectivity index (χ3n) is 2.58. The largest absolute Gasteiger partial charge is 0.370 e. The fourth-order valence-corrected chi connectivity index (χ4v) is 3.12. The summed E-state index contributed by atoms with van der Waals surface area (Å²) in [5.41, 5.74) is 0. The lowest BCUT2D eigenvalue weighted by Crippen LogP contribution is -1.98. The number of pyridine rings is 1. The van der Waals surface area contributed by atoms with Crippen LogP contribution in [0.3, 0.4) is 0 Å². The van der Waals surface area contributed by atoms with E-state index in [-0.39, 0.29) is 0 Å². The molecule has 1 N–H and O–H groups in total. The van der Waals surface area contributed by atoms with E-state index in [1.165, 1.54) is 6.26 Å². The Kier molecular flexibility index (Phi) is 4.67. The Bertz CT molecular complexity index is 683. The zero-order valence-electron chi connectivity index (χ0n) is 11.3. The van der Waals surface area contributed by atoms with Gasteiger partial charge in [0.15, 0.2) is 9.84 Å². The number of benzene rings is 1. The molecule has 106 valence electrons. The van der Waals surface area contributed by atoms with Gasteiger partial charge in [-0.2, -0.15) is 0 Å². The van der Waals surface area contributed by atoms with Crippen molar-refractivity contribution >= 4 is 27.4 Å². The SMILES string of the molecule is CCNc1cc(Sc2ccc(S(C)(=O)=O)cc2)ccn1. The highest BCUT2D eigenvalue weighted by Crippen LogP contribution is 2.29. The molecule has 6 heteroatoms. The van der Waals surface area contributed by atoms with Crippen LogP contribution in [0.15, 0.2) is 57.3 Å². The highest BCUT2D eigenvalue weighted by molar-refractivity contribution is 7.99. The van der Waals surface area contributed by atoms with Crippen molar-refractivity contribution in [2.24, 2.45) is 0 Å². The molecule has 1 aromatic heterocycles. The quantitative estimate of drug-likeness (QED) is 0.920. The van der Waals surface area contributed by atoms with Gasteiger partial charge >= 0.3 is 0 Å². The zero-order valence-corrected chi connectivity index (χ0v) is 13.0. The minimum Gasteiger partial charge on any atom is -0.370 e.